The van der Waals surface area contributed by atoms with Crippen LogP contribution in [0, 0.1) is 0 Å². The Balaban J connectivity index is 2.10. The number of amides is 1. The molecule has 2 rings (SSSR count). The fraction of sp³-hybridized carbons (Fsp3) is 0.333. The van der Waals surface area contributed by atoms with E-state index in [2.05, 4.69) is 5.32 Å². The van der Waals surface area contributed by atoms with Crippen LogP contribution < -0.4 is 10.1 Å². The number of anilines is 1. The first-order chi connectivity index (χ1) is 13.6. The van der Waals surface area contributed by atoms with E-state index in [1.807, 2.05) is 26.0 Å². The molecule has 0 radical (unpaired) electrons. The average Bonchev–Trinajstić information content (AvgIpc) is 2.67. The van der Waals surface area contributed by atoms with Gasteiger partial charge in [-0.1, -0.05) is 32.0 Å². The first kappa shape index (κ1) is 22.6. The molecule has 7 nitrogen and oxygen atoms in total. The second-order valence-corrected chi connectivity index (χ2v) is 8.83. The molecule has 2 aromatic rings. The van der Waals surface area contributed by atoms with Crippen molar-refractivity contribution in [2.75, 3.05) is 18.9 Å². The van der Waals surface area contributed by atoms with E-state index in [-0.39, 0.29) is 16.7 Å². The van der Waals surface area contributed by atoms with E-state index in [0.29, 0.717) is 11.4 Å². The molecule has 0 heterocycles. The van der Waals surface area contributed by atoms with E-state index < -0.39 is 22.5 Å². The predicted octanol–water partition coefficient (Wildman–Crippen LogP) is 3.38. The van der Waals surface area contributed by atoms with Crippen molar-refractivity contribution in [1.82, 2.24) is 4.31 Å². The Labute approximate surface area is 171 Å². The number of rotatable bonds is 8. The van der Waals surface area contributed by atoms with Crippen molar-refractivity contribution in [3.05, 3.63) is 54.1 Å². The lowest BCUT2D eigenvalue weighted by atomic mass is 9.98. The molecule has 0 spiro atoms. The molecular weight excluding hydrogens is 392 g/mol. The summed E-state index contributed by atoms with van der Waals surface area (Å²) in [6.07, 6.45) is 0.886. The third-order valence-corrected chi connectivity index (χ3v) is 6.34. The number of para-hydroxylation sites is 1. The molecular formula is C21H26N2O5S. The van der Waals surface area contributed by atoms with Crippen molar-refractivity contribution in [3.63, 3.8) is 0 Å². The molecule has 0 aliphatic carbocycles. The van der Waals surface area contributed by atoms with Gasteiger partial charge in [-0.2, -0.15) is 4.31 Å². The maximum Gasteiger partial charge on any atom is 0.326 e. The Bertz CT molecular complexity index is 971. The molecule has 0 fully saturated rings. The van der Waals surface area contributed by atoms with Gasteiger partial charge in [0.25, 0.3) is 0 Å². The minimum Gasteiger partial charge on any atom is -0.425 e. The van der Waals surface area contributed by atoms with Crippen LogP contribution in [-0.2, 0) is 19.6 Å². The van der Waals surface area contributed by atoms with Crippen molar-refractivity contribution in [2.45, 2.75) is 38.0 Å². The Kier molecular flexibility index (Phi) is 7.53. The maximum absolute atomic E-state index is 12.7. The number of hydrogen-bond acceptors (Lipinski definition) is 5. The van der Waals surface area contributed by atoms with Gasteiger partial charge >= 0.3 is 5.97 Å². The van der Waals surface area contributed by atoms with Gasteiger partial charge in [0.05, 0.1) is 4.90 Å². The van der Waals surface area contributed by atoms with Crippen LogP contribution in [-0.4, -0.2) is 38.2 Å². The number of sulfonamides is 1. The van der Waals surface area contributed by atoms with Gasteiger partial charge in [-0.05, 0) is 48.2 Å². The average molecular weight is 419 g/mol. The lowest BCUT2D eigenvalue weighted by Crippen LogP contribution is -2.34. The highest BCUT2D eigenvalue weighted by Gasteiger charge is 2.24. The van der Waals surface area contributed by atoms with Gasteiger partial charge in [0, 0.05) is 19.7 Å². The molecule has 1 atom stereocenters. The number of ether oxygens (including phenoxy) is 1. The van der Waals surface area contributed by atoms with Crippen molar-refractivity contribution in [2.24, 2.45) is 0 Å². The van der Waals surface area contributed by atoms with Gasteiger partial charge in [-0.3, -0.25) is 9.59 Å². The van der Waals surface area contributed by atoms with Gasteiger partial charge < -0.3 is 10.1 Å². The second kappa shape index (κ2) is 9.67. The zero-order chi connectivity index (χ0) is 21.6. The predicted molar refractivity (Wildman–Crippen MR) is 111 cm³/mol. The number of hydrogen-bond donors (Lipinski definition) is 1. The number of carbonyl (C=O) groups is 2. The Morgan fingerprint density at radius 1 is 1.10 bits per heavy atom. The van der Waals surface area contributed by atoms with Gasteiger partial charge in [0.2, 0.25) is 15.9 Å². The fourth-order valence-electron chi connectivity index (χ4n) is 2.72. The fourth-order valence-corrected chi connectivity index (χ4v) is 3.83. The second-order valence-electron chi connectivity index (χ2n) is 6.79. The van der Waals surface area contributed by atoms with Gasteiger partial charge in [-0.25, -0.2) is 8.42 Å². The SMILES string of the molecule is CCC(C)c1ccccc1OC(=O)CN(C)S(=O)(=O)c1ccc(NC(C)=O)cc1. The van der Waals surface area contributed by atoms with Gasteiger partial charge in [0.15, 0.2) is 0 Å². The third-order valence-electron chi connectivity index (χ3n) is 4.52. The number of nitrogens with zero attached hydrogens (tertiary/aromatic N) is 1. The van der Waals surface area contributed by atoms with Crippen LogP contribution in [0.25, 0.3) is 0 Å². The van der Waals surface area contributed by atoms with Crippen LogP contribution in [0.15, 0.2) is 53.4 Å². The molecule has 0 aromatic heterocycles. The molecule has 2 aromatic carbocycles. The minimum absolute atomic E-state index is 0.0157. The van der Waals surface area contributed by atoms with E-state index in [4.69, 9.17) is 4.74 Å². The van der Waals surface area contributed by atoms with Crippen molar-refractivity contribution >= 4 is 27.6 Å². The highest BCUT2D eigenvalue weighted by molar-refractivity contribution is 7.89. The first-order valence-electron chi connectivity index (χ1n) is 9.28. The molecule has 0 aliphatic heterocycles. The number of carbonyl (C=O) groups excluding carboxylic acids is 2. The third kappa shape index (κ3) is 5.88. The molecule has 8 heteroatoms. The monoisotopic (exact) mass is 418 g/mol. The van der Waals surface area contributed by atoms with E-state index in [9.17, 15) is 18.0 Å². The van der Waals surface area contributed by atoms with E-state index in [1.165, 1.54) is 38.2 Å². The molecule has 0 saturated carbocycles. The summed E-state index contributed by atoms with van der Waals surface area (Å²) in [5.74, 6) is -0.264. The summed E-state index contributed by atoms with van der Waals surface area (Å²) in [6.45, 7) is 5.02. The van der Waals surface area contributed by atoms with E-state index in [0.717, 1.165) is 16.3 Å². The topological polar surface area (TPSA) is 92.8 Å². The zero-order valence-electron chi connectivity index (χ0n) is 17.0. The van der Waals surface area contributed by atoms with Gasteiger partial charge in [0.1, 0.15) is 12.3 Å². The maximum atomic E-state index is 12.7. The number of esters is 1. The molecule has 29 heavy (non-hydrogen) atoms. The summed E-state index contributed by atoms with van der Waals surface area (Å²) in [4.78, 5) is 23.5. The van der Waals surface area contributed by atoms with E-state index >= 15 is 0 Å². The van der Waals surface area contributed by atoms with Crippen molar-refractivity contribution in [3.8, 4) is 5.75 Å². The quantitative estimate of drug-likeness (QED) is 0.524. The number of likely N-dealkylation sites (N-methyl/N-ethyl adjacent to an activating group) is 1. The summed E-state index contributed by atoms with van der Waals surface area (Å²) in [7, 11) is -2.56. The summed E-state index contributed by atoms with van der Waals surface area (Å²) >= 11 is 0. The lowest BCUT2D eigenvalue weighted by Gasteiger charge is -2.18. The molecule has 1 unspecified atom stereocenters. The summed E-state index contributed by atoms with van der Waals surface area (Å²) < 4.78 is 31.8. The summed E-state index contributed by atoms with van der Waals surface area (Å²) in [5.41, 5.74) is 1.39. The van der Waals surface area contributed by atoms with E-state index in [1.54, 1.807) is 12.1 Å². The number of nitrogens with one attached hydrogen (secondary N) is 1. The Morgan fingerprint density at radius 2 is 1.72 bits per heavy atom. The van der Waals surface area contributed by atoms with Crippen LogP contribution in [0.4, 0.5) is 5.69 Å². The molecule has 0 saturated heterocycles. The summed E-state index contributed by atoms with van der Waals surface area (Å²) in [5, 5.41) is 2.57. The Hall–Kier alpha value is -2.71. The Morgan fingerprint density at radius 3 is 2.31 bits per heavy atom. The van der Waals surface area contributed by atoms with Crippen molar-refractivity contribution in [1.29, 1.82) is 0 Å². The van der Waals surface area contributed by atoms with Crippen LogP contribution in [0.5, 0.6) is 5.75 Å². The standard InChI is InChI=1S/C21H26N2O5S/c1-5-15(2)19-8-6-7-9-20(19)28-21(25)14-23(4)29(26,27)18-12-10-17(11-13-18)22-16(3)24/h6-13,15H,5,14H2,1-4H3,(H,22,24). The van der Waals surface area contributed by atoms with Crippen molar-refractivity contribution < 1.29 is 22.7 Å². The van der Waals surface area contributed by atoms with Gasteiger partial charge in [-0.15, -0.1) is 0 Å². The smallest absolute Gasteiger partial charge is 0.326 e. The summed E-state index contributed by atoms with van der Waals surface area (Å²) in [6, 6.07) is 13.0. The minimum atomic E-state index is -3.88. The normalized spacial score (nSPS) is 12.4. The molecule has 0 aliphatic rings. The molecule has 0 bridgehead atoms. The van der Waals surface area contributed by atoms with Crippen LogP contribution in [0.2, 0.25) is 0 Å². The molecule has 1 amide bonds. The molecule has 1 N–H and O–H groups in total. The number of benzene rings is 2. The van der Waals surface area contributed by atoms with Crippen LogP contribution in [0.3, 0.4) is 0 Å². The largest absolute Gasteiger partial charge is 0.425 e. The van der Waals surface area contributed by atoms with Crippen LogP contribution >= 0.6 is 0 Å². The molecule has 156 valence electrons. The van der Waals surface area contributed by atoms with Crippen LogP contribution in [0.1, 0.15) is 38.7 Å². The first-order valence-corrected chi connectivity index (χ1v) is 10.7. The highest BCUT2D eigenvalue weighted by Crippen LogP contribution is 2.28. The zero-order valence-corrected chi connectivity index (χ0v) is 17.8. The highest BCUT2D eigenvalue weighted by atomic mass is 32.2. The lowest BCUT2D eigenvalue weighted by molar-refractivity contribution is -0.134.